The SMILES string of the molecule is N#Cc1ccc(CSc2nnc(NC(=O)Cc3csc(-c4cccc(F)c4)n3)s2)cc1. The van der Waals surface area contributed by atoms with E-state index in [1.54, 1.807) is 29.6 Å². The minimum Gasteiger partial charge on any atom is -0.300 e. The lowest BCUT2D eigenvalue weighted by Crippen LogP contribution is -2.14. The molecule has 0 aliphatic rings. The van der Waals surface area contributed by atoms with E-state index in [0.717, 1.165) is 9.90 Å². The molecule has 0 saturated heterocycles. The van der Waals surface area contributed by atoms with Gasteiger partial charge in [0.2, 0.25) is 11.0 Å². The lowest BCUT2D eigenvalue weighted by Gasteiger charge is -1.99. The molecule has 0 saturated carbocycles. The van der Waals surface area contributed by atoms with Crippen LogP contribution in [0.1, 0.15) is 16.8 Å². The third kappa shape index (κ3) is 5.73. The van der Waals surface area contributed by atoms with Gasteiger partial charge in [-0.25, -0.2) is 9.37 Å². The van der Waals surface area contributed by atoms with Crippen molar-refractivity contribution in [2.75, 3.05) is 5.32 Å². The average molecular weight is 468 g/mol. The van der Waals surface area contributed by atoms with E-state index >= 15 is 0 Å². The number of thioether (sulfide) groups is 1. The Bertz CT molecular complexity index is 1250. The number of aromatic nitrogens is 3. The van der Waals surface area contributed by atoms with Crippen molar-refractivity contribution in [3.05, 3.63) is 76.5 Å². The molecule has 0 aliphatic heterocycles. The first-order chi connectivity index (χ1) is 15.1. The first-order valence-corrected chi connectivity index (χ1v) is 11.7. The number of carbonyl (C=O) groups is 1. The van der Waals surface area contributed by atoms with Gasteiger partial charge in [0.25, 0.3) is 0 Å². The van der Waals surface area contributed by atoms with Crippen LogP contribution in [0.15, 0.2) is 58.3 Å². The second-order valence-corrected chi connectivity index (χ2v) is 9.41. The Morgan fingerprint density at radius 3 is 2.81 bits per heavy atom. The number of rotatable bonds is 7. The minimum absolute atomic E-state index is 0.0963. The van der Waals surface area contributed by atoms with Crippen molar-refractivity contribution in [3.8, 4) is 16.6 Å². The fourth-order valence-corrected chi connectivity index (χ4v) is 5.15. The predicted octanol–water partition coefficient (Wildman–Crippen LogP) is 5.15. The number of anilines is 1. The molecular weight excluding hydrogens is 453 g/mol. The molecule has 2 aromatic heterocycles. The number of benzene rings is 2. The van der Waals surface area contributed by atoms with E-state index in [1.165, 1.54) is 46.6 Å². The number of amides is 1. The molecule has 0 radical (unpaired) electrons. The fourth-order valence-electron chi connectivity index (χ4n) is 2.61. The summed E-state index contributed by atoms with van der Waals surface area (Å²) < 4.78 is 14.1. The van der Waals surface area contributed by atoms with Crippen LogP contribution in [0.4, 0.5) is 9.52 Å². The van der Waals surface area contributed by atoms with E-state index < -0.39 is 0 Å². The summed E-state index contributed by atoms with van der Waals surface area (Å²) in [4.78, 5) is 16.7. The summed E-state index contributed by atoms with van der Waals surface area (Å²) in [6, 6.07) is 15.7. The number of nitrogens with one attached hydrogen (secondary N) is 1. The first-order valence-electron chi connectivity index (χ1n) is 9.04. The Labute approximate surface area is 189 Å². The van der Waals surface area contributed by atoms with Crippen molar-refractivity contribution in [3.63, 3.8) is 0 Å². The van der Waals surface area contributed by atoms with Crippen molar-refractivity contribution in [1.82, 2.24) is 15.2 Å². The van der Waals surface area contributed by atoms with E-state index in [1.807, 2.05) is 12.1 Å². The second kappa shape index (κ2) is 9.78. The topological polar surface area (TPSA) is 91.6 Å². The molecule has 0 fully saturated rings. The summed E-state index contributed by atoms with van der Waals surface area (Å²) in [7, 11) is 0. The number of carbonyl (C=O) groups excluding carboxylic acids is 1. The Kier molecular flexibility index (Phi) is 6.66. The summed E-state index contributed by atoms with van der Waals surface area (Å²) in [5.74, 6) is 0.127. The number of thiazole rings is 1. The van der Waals surface area contributed by atoms with Crippen LogP contribution in [-0.4, -0.2) is 21.1 Å². The number of hydrogen-bond donors (Lipinski definition) is 1. The zero-order valence-corrected chi connectivity index (χ0v) is 18.4. The molecule has 1 N–H and O–H groups in total. The Balaban J connectivity index is 1.30. The number of hydrogen-bond acceptors (Lipinski definition) is 8. The molecule has 0 aliphatic carbocycles. The molecule has 6 nitrogen and oxygen atoms in total. The Morgan fingerprint density at radius 2 is 2.03 bits per heavy atom. The summed E-state index contributed by atoms with van der Waals surface area (Å²) >= 11 is 4.18. The molecule has 10 heteroatoms. The highest BCUT2D eigenvalue weighted by Gasteiger charge is 2.12. The zero-order chi connectivity index (χ0) is 21.6. The number of halogens is 1. The molecule has 2 aromatic carbocycles. The third-order valence-corrected chi connectivity index (χ3v) is 7.05. The maximum Gasteiger partial charge on any atom is 0.232 e. The summed E-state index contributed by atoms with van der Waals surface area (Å²) in [5.41, 5.74) is 2.99. The first kappa shape index (κ1) is 21.1. The van der Waals surface area contributed by atoms with E-state index in [-0.39, 0.29) is 18.1 Å². The van der Waals surface area contributed by atoms with Gasteiger partial charge in [0, 0.05) is 16.7 Å². The van der Waals surface area contributed by atoms with E-state index in [2.05, 4.69) is 26.6 Å². The predicted molar refractivity (Wildman–Crippen MR) is 120 cm³/mol. The van der Waals surface area contributed by atoms with Gasteiger partial charge in [-0.2, -0.15) is 5.26 Å². The standard InChI is InChI=1S/C21H14FN5OS3/c22-16-3-1-2-15(8-16)19-24-17(12-29-19)9-18(28)25-20-26-27-21(31-20)30-11-14-6-4-13(10-23)5-7-14/h1-8,12H,9,11H2,(H,25,26,28). The molecule has 4 aromatic rings. The number of nitrogens with zero attached hydrogens (tertiary/aromatic N) is 4. The van der Waals surface area contributed by atoms with Crippen LogP contribution in [0, 0.1) is 17.1 Å². The smallest absolute Gasteiger partial charge is 0.232 e. The Morgan fingerprint density at radius 1 is 1.19 bits per heavy atom. The van der Waals surface area contributed by atoms with Gasteiger partial charge in [-0.05, 0) is 29.8 Å². The normalized spacial score (nSPS) is 10.6. The van der Waals surface area contributed by atoms with Gasteiger partial charge in [-0.15, -0.1) is 21.5 Å². The van der Waals surface area contributed by atoms with Crippen LogP contribution in [-0.2, 0) is 17.0 Å². The molecule has 2 heterocycles. The summed E-state index contributed by atoms with van der Waals surface area (Å²) in [6.45, 7) is 0. The molecule has 0 unspecified atom stereocenters. The molecule has 0 bridgehead atoms. The lowest BCUT2D eigenvalue weighted by molar-refractivity contribution is -0.115. The zero-order valence-electron chi connectivity index (χ0n) is 15.9. The largest absolute Gasteiger partial charge is 0.300 e. The van der Waals surface area contributed by atoms with E-state index in [9.17, 15) is 9.18 Å². The highest BCUT2D eigenvalue weighted by atomic mass is 32.2. The third-order valence-electron chi connectivity index (χ3n) is 4.06. The highest BCUT2D eigenvalue weighted by molar-refractivity contribution is 8.00. The molecule has 154 valence electrons. The van der Waals surface area contributed by atoms with Crippen LogP contribution >= 0.6 is 34.4 Å². The summed E-state index contributed by atoms with van der Waals surface area (Å²) in [6.07, 6.45) is 0.0963. The van der Waals surface area contributed by atoms with Crippen LogP contribution < -0.4 is 5.32 Å². The quantitative estimate of drug-likeness (QED) is 0.299. The summed E-state index contributed by atoms with van der Waals surface area (Å²) in [5, 5.41) is 22.6. The van der Waals surface area contributed by atoms with Gasteiger partial charge in [0.1, 0.15) is 10.8 Å². The van der Waals surface area contributed by atoms with Gasteiger partial charge in [-0.1, -0.05) is 47.4 Å². The second-order valence-electron chi connectivity index (χ2n) is 6.35. The van der Waals surface area contributed by atoms with Gasteiger partial charge in [0.15, 0.2) is 4.34 Å². The molecular formula is C21H14FN5OS3. The monoisotopic (exact) mass is 467 g/mol. The van der Waals surface area contributed by atoms with Crippen LogP contribution in [0.5, 0.6) is 0 Å². The maximum atomic E-state index is 13.4. The molecule has 4 rings (SSSR count). The number of nitriles is 1. The van der Waals surface area contributed by atoms with E-state index in [4.69, 9.17) is 5.26 Å². The molecule has 0 spiro atoms. The van der Waals surface area contributed by atoms with Crippen LogP contribution in [0.2, 0.25) is 0 Å². The fraction of sp³-hybridized carbons (Fsp3) is 0.0952. The van der Waals surface area contributed by atoms with Gasteiger partial charge < -0.3 is 5.32 Å². The van der Waals surface area contributed by atoms with Gasteiger partial charge in [-0.3, -0.25) is 4.79 Å². The van der Waals surface area contributed by atoms with Crippen molar-refractivity contribution >= 4 is 45.5 Å². The van der Waals surface area contributed by atoms with E-state index in [0.29, 0.717) is 32.7 Å². The van der Waals surface area contributed by atoms with Crippen molar-refractivity contribution in [1.29, 1.82) is 5.26 Å². The van der Waals surface area contributed by atoms with Crippen molar-refractivity contribution < 1.29 is 9.18 Å². The lowest BCUT2D eigenvalue weighted by atomic mass is 10.2. The van der Waals surface area contributed by atoms with Crippen LogP contribution in [0.25, 0.3) is 10.6 Å². The average Bonchev–Trinajstić information content (AvgIpc) is 3.42. The van der Waals surface area contributed by atoms with Crippen molar-refractivity contribution in [2.45, 2.75) is 16.5 Å². The highest BCUT2D eigenvalue weighted by Crippen LogP contribution is 2.29. The molecule has 0 atom stereocenters. The maximum absolute atomic E-state index is 13.4. The molecule has 1 amide bonds. The van der Waals surface area contributed by atoms with Crippen molar-refractivity contribution in [2.24, 2.45) is 0 Å². The minimum atomic E-state index is -0.323. The molecule has 31 heavy (non-hydrogen) atoms. The van der Waals surface area contributed by atoms with Gasteiger partial charge >= 0.3 is 0 Å². The van der Waals surface area contributed by atoms with Crippen LogP contribution in [0.3, 0.4) is 0 Å². The van der Waals surface area contributed by atoms with Gasteiger partial charge in [0.05, 0.1) is 23.7 Å². The Hall–Kier alpha value is -3.13.